The zero-order chi connectivity index (χ0) is 21.7. The minimum atomic E-state index is -0.463. The van der Waals surface area contributed by atoms with Crippen molar-refractivity contribution in [3.63, 3.8) is 0 Å². The largest absolute Gasteiger partial charge is 0.350 e. The molecule has 0 aliphatic carbocycles. The van der Waals surface area contributed by atoms with E-state index >= 15 is 0 Å². The van der Waals surface area contributed by atoms with Crippen LogP contribution in [-0.4, -0.2) is 65.8 Å². The molecule has 0 aromatic heterocycles. The normalized spacial score (nSPS) is 22.4. The zero-order valence-electron chi connectivity index (χ0n) is 18.3. The van der Waals surface area contributed by atoms with Gasteiger partial charge in [0.25, 0.3) is 0 Å². The van der Waals surface area contributed by atoms with E-state index in [2.05, 4.69) is 10.6 Å². The molecule has 30 heavy (non-hydrogen) atoms. The van der Waals surface area contributed by atoms with Gasteiger partial charge in [-0.25, -0.2) is 0 Å². The standard InChI is InChI=1S/C23H34N4O3/c1-16(2)20(24-3)23(30)27-14-8-12-19(27)22(29)26-13-7-11-18(26)21(28)25-15-17-9-5-4-6-10-17/h4-6,9-10,16,18-20,24H,7-8,11-15H2,1-3H3,(H,25,28)/t18-,19-,20-/m0/s1. The predicted molar refractivity (Wildman–Crippen MR) is 115 cm³/mol. The monoisotopic (exact) mass is 414 g/mol. The van der Waals surface area contributed by atoms with Gasteiger partial charge >= 0.3 is 0 Å². The Balaban J connectivity index is 1.65. The summed E-state index contributed by atoms with van der Waals surface area (Å²) in [6.45, 7) is 5.61. The van der Waals surface area contributed by atoms with Crippen LogP contribution in [0.15, 0.2) is 30.3 Å². The van der Waals surface area contributed by atoms with Gasteiger partial charge in [0.2, 0.25) is 17.7 Å². The van der Waals surface area contributed by atoms with Gasteiger partial charge in [-0.05, 0) is 44.2 Å². The highest BCUT2D eigenvalue weighted by molar-refractivity contribution is 5.94. The number of likely N-dealkylation sites (tertiary alicyclic amines) is 2. The molecule has 1 aromatic rings. The Morgan fingerprint density at radius 3 is 2.27 bits per heavy atom. The summed E-state index contributed by atoms with van der Waals surface area (Å²) in [7, 11) is 1.78. The maximum atomic E-state index is 13.4. The molecule has 0 spiro atoms. The SMILES string of the molecule is CN[C@H](C(=O)N1CCC[C@H]1C(=O)N1CCC[C@H]1C(=O)NCc1ccccc1)C(C)C. The number of hydrogen-bond acceptors (Lipinski definition) is 4. The van der Waals surface area contributed by atoms with Crippen LogP contribution >= 0.6 is 0 Å². The Morgan fingerprint density at radius 2 is 1.63 bits per heavy atom. The highest BCUT2D eigenvalue weighted by atomic mass is 16.2. The van der Waals surface area contributed by atoms with E-state index in [0.29, 0.717) is 32.5 Å². The van der Waals surface area contributed by atoms with E-state index in [0.717, 1.165) is 18.4 Å². The van der Waals surface area contributed by atoms with E-state index in [9.17, 15) is 14.4 Å². The van der Waals surface area contributed by atoms with Gasteiger partial charge in [-0.1, -0.05) is 44.2 Å². The molecular formula is C23H34N4O3. The van der Waals surface area contributed by atoms with E-state index < -0.39 is 12.1 Å². The molecule has 0 bridgehead atoms. The van der Waals surface area contributed by atoms with Crippen molar-refractivity contribution in [3.05, 3.63) is 35.9 Å². The molecule has 2 saturated heterocycles. The molecule has 2 heterocycles. The van der Waals surface area contributed by atoms with Crippen LogP contribution in [0.25, 0.3) is 0 Å². The third kappa shape index (κ3) is 4.83. The van der Waals surface area contributed by atoms with Gasteiger partial charge in [-0.3, -0.25) is 14.4 Å². The molecular weight excluding hydrogens is 380 g/mol. The van der Waals surface area contributed by atoms with Crippen LogP contribution in [0.5, 0.6) is 0 Å². The highest BCUT2D eigenvalue weighted by Crippen LogP contribution is 2.26. The number of benzene rings is 1. The summed E-state index contributed by atoms with van der Waals surface area (Å²) in [6, 6.07) is 8.53. The average Bonchev–Trinajstić information content (AvgIpc) is 3.42. The lowest BCUT2D eigenvalue weighted by molar-refractivity contribution is -0.147. The van der Waals surface area contributed by atoms with Crippen LogP contribution in [0.4, 0.5) is 0 Å². The Bertz CT molecular complexity index is 752. The van der Waals surface area contributed by atoms with Crippen LogP contribution < -0.4 is 10.6 Å². The first kappa shape index (κ1) is 22.3. The molecule has 2 aliphatic rings. The number of nitrogens with zero attached hydrogens (tertiary/aromatic N) is 2. The lowest BCUT2D eigenvalue weighted by atomic mass is 10.0. The van der Waals surface area contributed by atoms with Crippen molar-refractivity contribution in [3.8, 4) is 0 Å². The summed E-state index contributed by atoms with van der Waals surface area (Å²) in [6.07, 6.45) is 2.95. The average molecular weight is 415 g/mol. The number of nitrogens with one attached hydrogen (secondary N) is 2. The van der Waals surface area contributed by atoms with Gasteiger partial charge in [0, 0.05) is 19.6 Å². The molecule has 2 aliphatic heterocycles. The van der Waals surface area contributed by atoms with E-state index in [1.54, 1.807) is 16.8 Å². The summed E-state index contributed by atoms with van der Waals surface area (Å²) in [5, 5.41) is 6.06. The molecule has 1 aromatic carbocycles. The van der Waals surface area contributed by atoms with Gasteiger partial charge in [0.05, 0.1) is 6.04 Å². The van der Waals surface area contributed by atoms with E-state index in [-0.39, 0.29) is 29.7 Å². The van der Waals surface area contributed by atoms with Crippen molar-refractivity contribution < 1.29 is 14.4 Å². The second-order valence-electron chi connectivity index (χ2n) is 8.59. The van der Waals surface area contributed by atoms with Gasteiger partial charge in [-0.15, -0.1) is 0 Å². The first-order valence-corrected chi connectivity index (χ1v) is 11.0. The highest BCUT2D eigenvalue weighted by Gasteiger charge is 2.43. The Labute approximate surface area is 179 Å². The summed E-state index contributed by atoms with van der Waals surface area (Å²) in [5.74, 6) is -0.0811. The van der Waals surface area contributed by atoms with E-state index in [1.807, 2.05) is 44.2 Å². The molecule has 3 rings (SSSR count). The number of hydrogen-bond donors (Lipinski definition) is 2. The quantitative estimate of drug-likeness (QED) is 0.709. The maximum Gasteiger partial charge on any atom is 0.246 e. The molecule has 0 unspecified atom stereocenters. The van der Waals surface area contributed by atoms with Crippen molar-refractivity contribution >= 4 is 17.7 Å². The Hall–Kier alpha value is -2.41. The molecule has 2 fully saturated rings. The van der Waals surface area contributed by atoms with Crippen molar-refractivity contribution in [2.24, 2.45) is 5.92 Å². The first-order valence-electron chi connectivity index (χ1n) is 11.0. The van der Waals surface area contributed by atoms with Gasteiger partial charge in [0.15, 0.2) is 0 Å². The molecule has 164 valence electrons. The van der Waals surface area contributed by atoms with Crippen LogP contribution in [0.2, 0.25) is 0 Å². The predicted octanol–water partition coefficient (Wildman–Crippen LogP) is 1.53. The fourth-order valence-corrected chi connectivity index (χ4v) is 4.61. The summed E-state index contributed by atoms with van der Waals surface area (Å²) in [5.41, 5.74) is 1.03. The minimum Gasteiger partial charge on any atom is -0.350 e. The van der Waals surface area contributed by atoms with Crippen LogP contribution in [0, 0.1) is 5.92 Å². The van der Waals surface area contributed by atoms with Crippen molar-refractivity contribution in [1.82, 2.24) is 20.4 Å². The molecule has 3 amide bonds. The fraction of sp³-hybridized carbons (Fsp3) is 0.609. The molecule has 3 atom stereocenters. The van der Waals surface area contributed by atoms with Gasteiger partial charge in [-0.2, -0.15) is 0 Å². The third-order valence-corrected chi connectivity index (χ3v) is 6.21. The number of carbonyl (C=O) groups excluding carboxylic acids is 3. The molecule has 7 heteroatoms. The lowest BCUT2D eigenvalue weighted by Crippen LogP contribution is -2.56. The number of amides is 3. The maximum absolute atomic E-state index is 13.4. The van der Waals surface area contributed by atoms with Crippen LogP contribution in [0.3, 0.4) is 0 Å². The summed E-state index contributed by atoms with van der Waals surface area (Å²) in [4.78, 5) is 42.6. The summed E-state index contributed by atoms with van der Waals surface area (Å²) >= 11 is 0. The molecule has 0 radical (unpaired) electrons. The van der Waals surface area contributed by atoms with Crippen LogP contribution in [-0.2, 0) is 20.9 Å². The molecule has 0 saturated carbocycles. The smallest absolute Gasteiger partial charge is 0.246 e. The van der Waals surface area contributed by atoms with Crippen molar-refractivity contribution in [2.75, 3.05) is 20.1 Å². The zero-order valence-corrected chi connectivity index (χ0v) is 18.3. The second kappa shape index (κ2) is 10.1. The minimum absolute atomic E-state index is 0.0207. The first-order chi connectivity index (χ1) is 14.4. The van der Waals surface area contributed by atoms with E-state index in [1.165, 1.54) is 0 Å². The second-order valence-corrected chi connectivity index (χ2v) is 8.59. The molecule has 7 nitrogen and oxygen atoms in total. The molecule has 2 N–H and O–H groups in total. The van der Waals surface area contributed by atoms with Gasteiger partial charge < -0.3 is 20.4 Å². The number of rotatable bonds is 7. The fourth-order valence-electron chi connectivity index (χ4n) is 4.61. The third-order valence-electron chi connectivity index (χ3n) is 6.21. The van der Waals surface area contributed by atoms with Crippen molar-refractivity contribution in [2.45, 2.75) is 64.2 Å². The Kier molecular flexibility index (Phi) is 7.48. The van der Waals surface area contributed by atoms with Gasteiger partial charge in [0.1, 0.15) is 12.1 Å². The number of carbonyl (C=O) groups is 3. The summed E-state index contributed by atoms with van der Waals surface area (Å²) < 4.78 is 0. The van der Waals surface area contributed by atoms with Crippen molar-refractivity contribution in [1.29, 1.82) is 0 Å². The Morgan fingerprint density at radius 1 is 1.00 bits per heavy atom. The number of likely N-dealkylation sites (N-methyl/N-ethyl adjacent to an activating group) is 1. The van der Waals surface area contributed by atoms with Crippen LogP contribution in [0.1, 0.15) is 45.1 Å². The van der Waals surface area contributed by atoms with E-state index in [4.69, 9.17) is 0 Å². The topological polar surface area (TPSA) is 81.8 Å². The lowest BCUT2D eigenvalue weighted by Gasteiger charge is -2.33.